The minimum atomic E-state index is -5.71. The number of benzene rings is 2. The van der Waals surface area contributed by atoms with Gasteiger partial charge in [-0.2, -0.15) is 21.6 Å². The van der Waals surface area contributed by atoms with Crippen molar-refractivity contribution in [3.8, 4) is 0 Å². The van der Waals surface area contributed by atoms with E-state index in [1.807, 2.05) is 0 Å². The van der Waals surface area contributed by atoms with E-state index in [-0.39, 0.29) is 11.2 Å². The van der Waals surface area contributed by atoms with E-state index in [1.165, 1.54) is 23.0 Å². The van der Waals surface area contributed by atoms with Crippen LogP contribution in [0.2, 0.25) is 0 Å². The topological polar surface area (TPSA) is 80.2 Å². The van der Waals surface area contributed by atoms with Gasteiger partial charge in [0.25, 0.3) is 5.91 Å². The van der Waals surface area contributed by atoms with Gasteiger partial charge in [0.2, 0.25) is 0 Å². The van der Waals surface area contributed by atoms with Crippen LogP contribution in [0.25, 0.3) is 10.9 Å². The van der Waals surface area contributed by atoms with Gasteiger partial charge in [0, 0.05) is 11.1 Å². The molecule has 1 heterocycles. The first kappa shape index (κ1) is 17.8. The predicted molar refractivity (Wildman–Crippen MR) is 90.7 cm³/mol. The van der Waals surface area contributed by atoms with Gasteiger partial charge >= 0.3 is 15.5 Å². The molecule has 3 rings (SSSR count). The van der Waals surface area contributed by atoms with Crippen molar-refractivity contribution in [1.29, 1.82) is 0 Å². The normalized spacial score (nSPS) is 12.1. The van der Waals surface area contributed by atoms with E-state index in [2.05, 4.69) is 5.32 Å². The first-order valence-electron chi connectivity index (χ1n) is 7.25. The second-order valence-corrected chi connectivity index (χ2v) is 6.94. The predicted octanol–water partition coefficient (Wildman–Crippen LogP) is 3.29. The lowest BCUT2D eigenvalue weighted by atomic mass is 10.2. The molecule has 1 aromatic heterocycles. The van der Waals surface area contributed by atoms with Crippen LogP contribution < -0.4 is 10.1 Å². The number of sulfonamides is 1. The lowest BCUT2D eigenvalue weighted by Crippen LogP contribution is -2.36. The minimum Gasteiger partial charge on any atom is -0.321 e. The zero-order valence-corrected chi connectivity index (χ0v) is 13.8. The van der Waals surface area contributed by atoms with Crippen molar-refractivity contribution in [3.63, 3.8) is 0 Å². The molecule has 0 radical (unpaired) electrons. The zero-order chi connectivity index (χ0) is 18.9. The first-order valence-corrected chi connectivity index (χ1v) is 8.73. The number of carbonyl (C=O) groups excluding carboxylic acids is 1. The maximum Gasteiger partial charge on any atom is 0.517 e. The van der Waals surface area contributed by atoms with Gasteiger partial charge in [-0.15, -0.1) is 0 Å². The Morgan fingerprint density at radius 2 is 1.58 bits per heavy atom. The number of hydrogen-bond donors (Lipinski definition) is 2. The summed E-state index contributed by atoms with van der Waals surface area (Å²) in [7, 11) is -5.71. The molecule has 10 heteroatoms. The summed E-state index contributed by atoms with van der Waals surface area (Å²) in [5.41, 5.74) is -5.29. The number of alkyl halides is 3. The van der Waals surface area contributed by atoms with E-state index in [0.29, 0.717) is 15.7 Å². The Hall–Kier alpha value is -3.01. The molecule has 0 bridgehead atoms. The molecule has 3 aromatic rings. The highest BCUT2D eigenvalue weighted by Crippen LogP contribution is 2.25. The Morgan fingerprint density at radius 1 is 0.962 bits per heavy atom. The molecule has 26 heavy (non-hydrogen) atoms. The van der Waals surface area contributed by atoms with Crippen LogP contribution in [0.4, 0.5) is 18.9 Å². The van der Waals surface area contributed by atoms with Gasteiger partial charge in [-0.1, -0.05) is 36.4 Å². The fraction of sp³-hybridized carbons (Fsp3) is 0.0625. The second kappa shape index (κ2) is 6.37. The van der Waals surface area contributed by atoms with E-state index < -0.39 is 21.4 Å². The van der Waals surface area contributed by atoms with Gasteiger partial charge in [0.15, 0.2) is 0 Å². The number of hydrogen-bond acceptors (Lipinski definition) is 3. The summed E-state index contributed by atoms with van der Waals surface area (Å²) in [5, 5.41) is 2.91. The molecular weight excluding hydrogens is 371 g/mol. The van der Waals surface area contributed by atoms with Gasteiger partial charge in [-0.25, -0.2) is 9.51 Å². The number of amides is 1. The summed E-state index contributed by atoms with van der Waals surface area (Å²) in [4.78, 5) is 13.9. The maximum absolute atomic E-state index is 12.7. The summed E-state index contributed by atoms with van der Waals surface area (Å²) in [6, 6.07) is 15.6. The molecule has 0 spiro atoms. The van der Waals surface area contributed by atoms with E-state index in [0.717, 1.165) is 0 Å². The largest absolute Gasteiger partial charge is 0.517 e. The molecule has 0 saturated heterocycles. The van der Waals surface area contributed by atoms with Crippen LogP contribution in [-0.2, 0) is 10.0 Å². The van der Waals surface area contributed by atoms with E-state index >= 15 is 0 Å². The number of nitrogens with one attached hydrogen (secondary N) is 2. The zero-order valence-electron chi connectivity index (χ0n) is 13.0. The SMILES string of the molecule is O=C(Nc1ccccc1)c1cc2ccccc2n1NS(=O)(=O)C(F)(F)F. The number of nitrogens with zero attached hydrogens (tertiary/aromatic N) is 1. The fourth-order valence-electron chi connectivity index (χ4n) is 2.31. The third kappa shape index (κ3) is 3.36. The van der Waals surface area contributed by atoms with E-state index in [1.54, 1.807) is 42.5 Å². The van der Waals surface area contributed by atoms with Crippen LogP contribution >= 0.6 is 0 Å². The number of carbonyl (C=O) groups is 1. The lowest BCUT2D eigenvalue weighted by Gasteiger charge is -2.15. The highest BCUT2D eigenvalue weighted by atomic mass is 32.2. The molecular formula is C16H12F3N3O3S. The molecule has 2 aromatic carbocycles. The molecule has 136 valence electrons. The summed E-state index contributed by atoms with van der Waals surface area (Å²) < 4.78 is 61.8. The summed E-state index contributed by atoms with van der Waals surface area (Å²) in [6.07, 6.45) is 0. The number of halogens is 3. The average Bonchev–Trinajstić information content (AvgIpc) is 2.93. The third-order valence-corrected chi connectivity index (χ3v) is 4.52. The van der Waals surface area contributed by atoms with Gasteiger partial charge in [-0.05, 0) is 24.3 Å². The Balaban J connectivity index is 2.06. The molecule has 0 aliphatic heterocycles. The smallest absolute Gasteiger partial charge is 0.321 e. The van der Waals surface area contributed by atoms with Gasteiger partial charge in [0.1, 0.15) is 5.69 Å². The highest BCUT2D eigenvalue weighted by molar-refractivity contribution is 7.93. The fourth-order valence-corrected chi connectivity index (χ4v) is 2.85. The monoisotopic (exact) mass is 383 g/mol. The van der Waals surface area contributed by atoms with Crippen LogP contribution in [0.15, 0.2) is 60.7 Å². The highest BCUT2D eigenvalue weighted by Gasteiger charge is 2.46. The molecule has 6 nitrogen and oxygen atoms in total. The van der Waals surface area contributed by atoms with Crippen molar-refractivity contribution < 1.29 is 26.4 Å². The second-order valence-electron chi connectivity index (χ2n) is 5.28. The summed E-state index contributed by atoms with van der Waals surface area (Å²) in [6.45, 7) is 0. The van der Waals surface area contributed by atoms with Crippen molar-refractivity contribution in [2.75, 3.05) is 10.1 Å². The van der Waals surface area contributed by atoms with Crippen LogP contribution in [0, 0.1) is 0 Å². The Labute approximate surface area is 146 Å². The van der Waals surface area contributed by atoms with Crippen molar-refractivity contribution in [2.45, 2.75) is 5.51 Å². The molecule has 1 amide bonds. The Bertz CT molecular complexity index is 1060. The lowest BCUT2D eigenvalue weighted by molar-refractivity contribution is -0.0432. The third-order valence-electron chi connectivity index (χ3n) is 3.49. The van der Waals surface area contributed by atoms with Crippen LogP contribution in [0.1, 0.15) is 10.5 Å². The standard InChI is InChI=1S/C16H12F3N3O3S/c17-16(18,19)26(24,25)21-22-13-9-5-4-6-11(13)10-14(22)15(23)20-12-7-2-1-3-8-12/h1-10,21H,(H,20,23). The van der Waals surface area contributed by atoms with Crippen molar-refractivity contribution in [1.82, 2.24) is 4.68 Å². The van der Waals surface area contributed by atoms with Crippen molar-refractivity contribution in [3.05, 3.63) is 66.4 Å². The molecule has 0 aliphatic carbocycles. The molecule has 0 aliphatic rings. The maximum atomic E-state index is 12.7. The van der Waals surface area contributed by atoms with Gasteiger partial charge in [-0.3, -0.25) is 4.79 Å². The quantitative estimate of drug-likeness (QED) is 0.726. The number of rotatable bonds is 4. The number of fused-ring (bicyclic) bond motifs is 1. The molecule has 0 fully saturated rings. The van der Waals surface area contributed by atoms with Gasteiger partial charge in [0.05, 0.1) is 5.52 Å². The number of anilines is 1. The molecule has 2 N–H and O–H groups in total. The van der Waals surface area contributed by atoms with Crippen molar-refractivity contribution in [2.24, 2.45) is 0 Å². The number of para-hydroxylation sites is 2. The van der Waals surface area contributed by atoms with E-state index in [4.69, 9.17) is 0 Å². The minimum absolute atomic E-state index is 0.110. The summed E-state index contributed by atoms with van der Waals surface area (Å²) in [5.74, 6) is -0.766. The molecule has 0 atom stereocenters. The average molecular weight is 383 g/mol. The van der Waals surface area contributed by atoms with Crippen LogP contribution in [0.3, 0.4) is 0 Å². The first-order chi connectivity index (χ1) is 12.2. The van der Waals surface area contributed by atoms with Crippen molar-refractivity contribution >= 4 is 32.5 Å². The van der Waals surface area contributed by atoms with Crippen LogP contribution in [0.5, 0.6) is 0 Å². The Morgan fingerprint density at radius 3 is 2.23 bits per heavy atom. The van der Waals surface area contributed by atoms with E-state index in [9.17, 15) is 26.4 Å². The van der Waals surface area contributed by atoms with Crippen LogP contribution in [-0.4, -0.2) is 24.5 Å². The van der Waals surface area contributed by atoms with Gasteiger partial charge < -0.3 is 5.32 Å². The Kier molecular flexibility index (Phi) is 4.36. The number of aromatic nitrogens is 1. The molecule has 0 unspecified atom stereocenters. The summed E-state index contributed by atoms with van der Waals surface area (Å²) >= 11 is 0. The molecule has 0 saturated carbocycles.